The monoisotopic (exact) mass is 351 g/mol. The molecule has 4 atom stereocenters. The van der Waals surface area contributed by atoms with Gasteiger partial charge in [-0.1, -0.05) is 23.8 Å². The molecule has 128 valence electrons. The van der Waals surface area contributed by atoms with Crippen LogP contribution in [-0.2, 0) is 9.59 Å². The van der Waals surface area contributed by atoms with E-state index in [0.29, 0.717) is 28.6 Å². The lowest BCUT2D eigenvalue weighted by Gasteiger charge is -2.24. The third kappa shape index (κ3) is 2.71. The van der Waals surface area contributed by atoms with E-state index >= 15 is 0 Å². The maximum atomic E-state index is 12.7. The van der Waals surface area contributed by atoms with Crippen molar-refractivity contribution >= 4 is 29.2 Å². The van der Waals surface area contributed by atoms with E-state index in [2.05, 4.69) is 5.32 Å². The molecule has 2 aliphatic rings. The second-order valence-corrected chi connectivity index (χ2v) is 6.42. The van der Waals surface area contributed by atoms with Gasteiger partial charge < -0.3 is 19.9 Å². The van der Waals surface area contributed by atoms with Crippen molar-refractivity contribution in [3.05, 3.63) is 29.3 Å². The Morgan fingerprint density at radius 3 is 2.33 bits per heavy atom. The maximum Gasteiger partial charge on any atom is 0.307 e. The van der Waals surface area contributed by atoms with Gasteiger partial charge in [0.05, 0.1) is 36.8 Å². The zero-order chi connectivity index (χ0) is 17.4. The van der Waals surface area contributed by atoms with Gasteiger partial charge in [0.2, 0.25) is 5.91 Å². The average Bonchev–Trinajstić information content (AvgIpc) is 3.16. The largest absolute Gasteiger partial charge is 0.495 e. The van der Waals surface area contributed by atoms with E-state index in [1.807, 2.05) is 12.2 Å². The smallest absolute Gasteiger partial charge is 0.307 e. The first kappa shape index (κ1) is 16.6. The predicted molar refractivity (Wildman–Crippen MR) is 88.5 cm³/mol. The number of nitrogens with one attached hydrogen (secondary N) is 1. The average molecular weight is 352 g/mol. The third-order valence-electron chi connectivity index (χ3n) is 4.78. The Hall–Kier alpha value is -2.21. The molecule has 0 unspecified atom stereocenters. The van der Waals surface area contributed by atoms with E-state index in [0.717, 1.165) is 0 Å². The molecule has 1 aromatic rings. The first-order valence-electron chi connectivity index (χ1n) is 7.59. The third-order valence-corrected chi connectivity index (χ3v) is 5.07. The number of methoxy groups -OCH3 is 2. The van der Waals surface area contributed by atoms with Crippen LogP contribution in [0.5, 0.6) is 11.5 Å². The topological polar surface area (TPSA) is 84.9 Å². The number of carbonyl (C=O) groups excluding carboxylic acids is 1. The highest BCUT2D eigenvalue weighted by Gasteiger charge is 2.51. The lowest BCUT2D eigenvalue weighted by molar-refractivity contribution is -0.146. The summed E-state index contributed by atoms with van der Waals surface area (Å²) in [6.07, 6.45) is 4.54. The number of allylic oxidation sites excluding steroid dienone is 2. The number of carboxylic acid groups (broad SMARTS) is 1. The fourth-order valence-electron chi connectivity index (χ4n) is 3.69. The number of carboxylic acids is 1. The highest BCUT2D eigenvalue weighted by Crippen LogP contribution is 2.48. The van der Waals surface area contributed by atoms with E-state index in [4.69, 9.17) is 21.1 Å². The second-order valence-electron chi connectivity index (χ2n) is 6.01. The van der Waals surface area contributed by atoms with Crippen LogP contribution < -0.4 is 14.8 Å². The molecule has 24 heavy (non-hydrogen) atoms. The van der Waals surface area contributed by atoms with Crippen LogP contribution in [0.3, 0.4) is 0 Å². The van der Waals surface area contributed by atoms with Gasteiger partial charge in [-0.25, -0.2) is 0 Å². The number of fused-ring (bicyclic) bond motifs is 2. The molecule has 7 heteroatoms. The van der Waals surface area contributed by atoms with Gasteiger partial charge in [0.25, 0.3) is 0 Å². The van der Waals surface area contributed by atoms with Gasteiger partial charge >= 0.3 is 5.97 Å². The fraction of sp³-hybridized carbons (Fsp3) is 0.412. The van der Waals surface area contributed by atoms with Gasteiger partial charge in [-0.3, -0.25) is 9.59 Å². The molecule has 2 aliphatic carbocycles. The van der Waals surface area contributed by atoms with Crippen LogP contribution in [0.15, 0.2) is 24.3 Å². The standard InChI is InChI=1S/C17H18ClNO5/c1-23-12-7-13(24-2)11(6-10(12)18)19-16(20)14-8-3-4-9(5-8)15(14)17(21)22/h3-4,6-9,14-15H,5H2,1-2H3,(H,19,20)(H,21,22)/t8-,9-,14-,15-/m0/s1. The van der Waals surface area contributed by atoms with E-state index < -0.39 is 17.8 Å². The van der Waals surface area contributed by atoms with Crippen molar-refractivity contribution in [3.63, 3.8) is 0 Å². The molecule has 2 bridgehead atoms. The van der Waals surface area contributed by atoms with E-state index in [1.54, 1.807) is 6.07 Å². The predicted octanol–water partition coefficient (Wildman–Crippen LogP) is 2.82. The molecule has 6 nitrogen and oxygen atoms in total. The summed E-state index contributed by atoms with van der Waals surface area (Å²) in [6, 6.07) is 3.11. The molecule has 1 amide bonds. The first-order valence-corrected chi connectivity index (χ1v) is 7.97. The summed E-state index contributed by atoms with van der Waals surface area (Å²) >= 11 is 6.11. The van der Waals surface area contributed by atoms with Crippen LogP contribution >= 0.6 is 11.6 Å². The zero-order valence-electron chi connectivity index (χ0n) is 13.3. The Bertz CT molecular complexity index is 717. The molecule has 0 spiro atoms. The summed E-state index contributed by atoms with van der Waals surface area (Å²) in [4.78, 5) is 24.3. The van der Waals surface area contributed by atoms with E-state index in [1.165, 1.54) is 20.3 Å². The van der Waals surface area contributed by atoms with E-state index in [-0.39, 0.29) is 17.7 Å². The number of anilines is 1. The molecule has 0 aromatic heterocycles. The van der Waals surface area contributed by atoms with Crippen molar-refractivity contribution in [2.75, 3.05) is 19.5 Å². The van der Waals surface area contributed by atoms with Gasteiger partial charge in [0.1, 0.15) is 11.5 Å². The van der Waals surface area contributed by atoms with Crippen LogP contribution in [0.2, 0.25) is 5.02 Å². The molecule has 1 aromatic carbocycles. The van der Waals surface area contributed by atoms with Crippen LogP contribution in [0.25, 0.3) is 0 Å². The number of carbonyl (C=O) groups is 2. The fourth-order valence-corrected chi connectivity index (χ4v) is 3.93. The Labute approximate surface area is 144 Å². The lowest BCUT2D eigenvalue weighted by Crippen LogP contribution is -2.36. The Kier molecular flexibility index (Phi) is 4.41. The van der Waals surface area contributed by atoms with Crippen LogP contribution in [0.4, 0.5) is 5.69 Å². The second kappa shape index (κ2) is 6.36. The van der Waals surface area contributed by atoms with Gasteiger partial charge in [-0.2, -0.15) is 0 Å². The van der Waals surface area contributed by atoms with Gasteiger partial charge in [-0.05, 0) is 24.3 Å². The SMILES string of the molecule is COc1cc(OC)c(NC(=O)[C@@H]2[C@@H](C(=O)O)[C@H]3C=C[C@H]2C3)cc1Cl. The van der Waals surface area contributed by atoms with Crippen molar-refractivity contribution in [1.82, 2.24) is 0 Å². The minimum Gasteiger partial charge on any atom is -0.495 e. The first-order chi connectivity index (χ1) is 11.5. The molecule has 1 fully saturated rings. The molecule has 0 radical (unpaired) electrons. The number of hydrogen-bond donors (Lipinski definition) is 2. The zero-order valence-corrected chi connectivity index (χ0v) is 14.0. The molecular weight excluding hydrogens is 334 g/mol. The molecule has 3 rings (SSSR count). The van der Waals surface area contributed by atoms with Crippen molar-refractivity contribution in [2.24, 2.45) is 23.7 Å². The summed E-state index contributed by atoms with van der Waals surface area (Å²) in [6.45, 7) is 0. The number of hydrogen-bond acceptors (Lipinski definition) is 4. The number of benzene rings is 1. The summed E-state index contributed by atoms with van der Waals surface area (Å²) < 4.78 is 10.4. The Morgan fingerprint density at radius 2 is 1.75 bits per heavy atom. The number of rotatable bonds is 5. The number of halogens is 1. The van der Waals surface area contributed by atoms with Crippen molar-refractivity contribution in [1.29, 1.82) is 0 Å². The van der Waals surface area contributed by atoms with Crippen molar-refractivity contribution < 1.29 is 24.2 Å². The highest BCUT2D eigenvalue weighted by molar-refractivity contribution is 6.32. The molecule has 0 aliphatic heterocycles. The van der Waals surface area contributed by atoms with Gasteiger partial charge in [0.15, 0.2) is 0 Å². The lowest BCUT2D eigenvalue weighted by atomic mass is 9.82. The quantitative estimate of drug-likeness (QED) is 0.797. The van der Waals surface area contributed by atoms with Gasteiger partial charge in [0, 0.05) is 6.07 Å². The molecular formula is C17H18ClNO5. The van der Waals surface area contributed by atoms with Crippen LogP contribution in [0, 0.1) is 23.7 Å². The van der Waals surface area contributed by atoms with Gasteiger partial charge in [-0.15, -0.1) is 0 Å². The Balaban J connectivity index is 1.86. The number of ether oxygens (including phenoxy) is 2. The minimum atomic E-state index is -0.938. The number of aliphatic carboxylic acids is 1. The van der Waals surface area contributed by atoms with Crippen LogP contribution in [-0.4, -0.2) is 31.2 Å². The summed E-state index contributed by atoms with van der Waals surface area (Å²) in [7, 11) is 2.95. The maximum absolute atomic E-state index is 12.7. The Morgan fingerprint density at radius 1 is 1.12 bits per heavy atom. The van der Waals surface area contributed by atoms with Crippen molar-refractivity contribution in [3.8, 4) is 11.5 Å². The summed E-state index contributed by atoms with van der Waals surface area (Å²) in [5.74, 6) is -1.86. The molecule has 1 saturated carbocycles. The summed E-state index contributed by atoms with van der Waals surface area (Å²) in [5, 5.41) is 12.6. The molecule has 0 heterocycles. The van der Waals surface area contributed by atoms with Crippen LogP contribution in [0.1, 0.15) is 6.42 Å². The van der Waals surface area contributed by atoms with E-state index in [9.17, 15) is 14.7 Å². The number of amides is 1. The highest BCUT2D eigenvalue weighted by atomic mass is 35.5. The molecule has 2 N–H and O–H groups in total. The minimum absolute atomic E-state index is 0.0455. The van der Waals surface area contributed by atoms with Crippen molar-refractivity contribution in [2.45, 2.75) is 6.42 Å². The summed E-state index contributed by atoms with van der Waals surface area (Å²) in [5.41, 5.74) is 0.393. The normalized spacial score (nSPS) is 27.1. The molecule has 0 saturated heterocycles.